The van der Waals surface area contributed by atoms with Gasteiger partial charge in [0.1, 0.15) is 11.6 Å². The van der Waals surface area contributed by atoms with Crippen LogP contribution in [0.3, 0.4) is 0 Å². The molecule has 0 aliphatic heterocycles. The summed E-state index contributed by atoms with van der Waals surface area (Å²) in [5, 5.41) is 3.11. The van der Waals surface area contributed by atoms with Gasteiger partial charge in [0.15, 0.2) is 0 Å². The van der Waals surface area contributed by atoms with Crippen LogP contribution >= 0.6 is 0 Å². The predicted octanol–water partition coefficient (Wildman–Crippen LogP) is 2.16. The van der Waals surface area contributed by atoms with Crippen LogP contribution in [0.4, 0.5) is 0 Å². The zero-order valence-corrected chi connectivity index (χ0v) is 11.1. The van der Waals surface area contributed by atoms with Crippen molar-refractivity contribution in [1.82, 2.24) is 15.3 Å². The monoisotopic (exact) mass is 245 g/mol. The molecule has 2 aromatic rings. The van der Waals surface area contributed by atoms with E-state index in [9.17, 15) is 0 Å². The van der Waals surface area contributed by atoms with Gasteiger partial charge in [0.05, 0.1) is 19.0 Å². The van der Waals surface area contributed by atoms with Crippen LogP contribution in [0.1, 0.15) is 11.4 Å². The van der Waals surface area contributed by atoms with Crippen molar-refractivity contribution >= 4 is 0 Å². The highest BCUT2D eigenvalue weighted by Crippen LogP contribution is 2.29. The van der Waals surface area contributed by atoms with Gasteiger partial charge in [-0.1, -0.05) is 11.6 Å². The van der Waals surface area contributed by atoms with E-state index in [4.69, 9.17) is 4.74 Å². The largest absolute Gasteiger partial charge is 0.496 e. The van der Waals surface area contributed by atoms with Gasteiger partial charge in [0.25, 0.3) is 0 Å². The molecule has 0 saturated heterocycles. The Morgan fingerprint density at radius 1 is 1.39 bits per heavy atom. The Morgan fingerprint density at radius 3 is 2.94 bits per heavy atom. The van der Waals surface area contributed by atoms with Crippen molar-refractivity contribution in [1.29, 1.82) is 0 Å². The first kappa shape index (κ1) is 12.6. The number of aromatic amines is 1. The summed E-state index contributed by atoms with van der Waals surface area (Å²) in [5.41, 5.74) is 3.26. The second-order valence-corrected chi connectivity index (χ2v) is 4.30. The summed E-state index contributed by atoms with van der Waals surface area (Å²) >= 11 is 0. The minimum absolute atomic E-state index is 0.865. The van der Waals surface area contributed by atoms with Gasteiger partial charge in [-0.3, -0.25) is 0 Å². The zero-order chi connectivity index (χ0) is 13.0. The van der Waals surface area contributed by atoms with Gasteiger partial charge in [-0.2, -0.15) is 0 Å². The van der Waals surface area contributed by atoms with Gasteiger partial charge in [-0.25, -0.2) is 4.98 Å². The molecule has 1 aromatic carbocycles. The minimum Gasteiger partial charge on any atom is -0.496 e. The van der Waals surface area contributed by atoms with Crippen molar-refractivity contribution < 1.29 is 4.74 Å². The van der Waals surface area contributed by atoms with Gasteiger partial charge in [0.2, 0.25) is 0 Å². The standard InChI is InChI=1S/C14H19N3O/c1-10-4-5-13(18-3)11(8-10)12-9-16-14(17-12)6-7-15-2/h4-5,8-9,15H,6-7H2,1-3H3,(H,16,17). The number of ether oxygens (including phenoxy) is 1. The number of H-pyrrole nitrogens is 1. The average molecular weight is 245 g/mol. The predicted molar refractivity (Wildman–Crippen MR) is 72.9 cm³/mol. The lowest BCUT2D eigenvalue weighted by Crippen LogP contribution is -2.11. The summed E-state index contributed by atoms with van der Waals surface area (Å²) in [5.74, 6) is 1.85. The average Bonchev–Trinajstić information content (AvgIpc) is 2.85. The Kier molecular flexibility index (Phi) is 3.99. The topological polar surface area (TPSA) is 49.9 Å². The van der Waals surface area contributed by atoms with Crippen molar-refractivity contribution in [2.24, 2.45) is 0 Å². The highest BCUT2D eigenvalue weighted by Gasteiger charge is 2.09. The third-order valence-electron chi connectivity index (χ3n) is 2.89. The number of hydrogen-bond donors (Lipinski definition) is 2. The lowest BCUT2D eigenvalue weighted by atomic mass is 10.1. The van der Waals surface area contributed by atoms with E-state index in [1.54, 1.807) is 7.11 Å². The van der Waals surface area contributed by atoms with E-state index >= 15 is 0 Å². The van der Waals surface area contributed by atoms with Gasteiger partial charge < -0.3 is 15.0 Å². The number of imidazole rings is 1. The van der Waals surface area contributed by atoms with E-state index in [-0.39, 0.29) is 0 Å². The molecular weight excluding hydrogens is 226 g/mol. The summed E-state index contributed by atoms with van der Waals surface area (Å²) in [6, 6.07) is 6.13. The fraction of sp³-hybridized carbons (Fsp3) is 0.357. The molecule has 0 unspecified atom stereocenters. The molecule has 0 aliphatic carbocycles. The summed E-state index contributed by atoms with van der Waals surface area (Å²) in [6.45, 7) is 2.99. The molecule has 0 spiro atoms. The molecular formula is C14H19N3O. The number of hydrogen-bond acceptors (Lipinski definition) is 3. The smallest absolute Gasteiger partial charge is 0.128 e. The SMILES string of the molecule is CNCCc1ncc(-c2cc(C)ccc2OC)[nH]1. The molecule has 0 amide bonds. The molecule has 18 heavy (non-hydrogen) atoms. The summed E-state index contributed by atoms with van der Waals surface area (Å²) in [6.07, 6.45) is 2.76. The van der Waals surface area contributed by atoms with E-state index in [0.717, 1.165) is 35.8 Å². The molecule has 4 heteroatoms. The summed E-state index contributed by atoms with van der Waals surface area (Å²) in [7, 11) is 3.62. The fourth-order valence-corrected chi connectivity index (χ4v) is 1.90. The number of aromatic nitrogens is 2. The highest BCUT2D eigenvalue weighted by atomic mass is 16.5. The van der Waals surface area contributed by atoms with Gasteiger partial charge in [-0.05, 0) is 26.1 Å². The summed E-state index contributed by atoms with van der Waals surface area (Å²) in [4.78, 5) is 7.72. The second kappa shape index (κ2) is 5.69. The minimum atomic E-state index is 0.865. The van der Waals surface area contributed by atoms with Crippen LogP contribution in [-0.4, -0.2) is 30.7 Å². The van der Waals surface area contributed by atoms with Crippen LogP contribution in [0.2, 0.25) is 0 Å². The third kappa shape index (κ3) is 2.71. The molecule has 1 aromatic heterocycles. The lowest BCUT2D eigenvalue weighted by molar-refractivity contribution is 0.416. The molecule has 0 fully saturated rings. The normalized spacial score (nSPS) is 10.6. The Labute approximate surface area is 107 Å². The third-order valence-corrected chi connectivity index (χ3v) is 2.89. The number of nitrogens with zero attached hydrogens (tertiary/aromatic N) is 1. The number of benzene rings is 1. The van der Waals surface area contributed by atoms with E-state index in [2.05, 4.69) is 28.3 Å². The molecule has 2 N–H and O–H groups in total. The van der Waals surface area contributed by atoms with Crippen LogP contribution in [-0.2, 0) is 6.42 Å². The lowest BCUT2D eigenvalue weighted by Gasteiger charge is -2.07. The molecule has 1 heterocycles. The van der Waals surface area contributed by atoms with Crippen LogP contribution in [0.5, 0.6) is 5.75 Å². The van der Waals surface area contributed by atoms with Gasteiger partial charge in [0, 0.05) is 18.5 Å². The molecule has 0 radical (unpaired) electrons. The molecule has 0 bridgehead atoms. The van der Waals surface area contributed by atoms with Crippen molar-refractivity contribution in [3.8, 4) is 17.0 Å². The number of likely N-dealkylation sites (N-methyl/N-ethyl adjacent to an activating group) is 1. The van der Waals surface area contributed by atoms with Crippen molar-refractivity contribution in [3.63, 3.8) is 0 Å². The first-order valence-electron chi connectivity index (χ1n) is 6.08. The van der Waals surface area contributed by atoms with E-state index in [0.29, 0.717) is 0 Å². The van der Waals surface area contributed by atoms with Crippen LogP contribution < -0.4 is 10.1 Å². The number of aryl methyl sites for hydroxylation is 1. The molecule has 96 valence electrons. The van der Waals surface area contributed by atoms with Crippen molar-refractivity contribution in [3.05, 3.63) is 35.8 Å². The van der Waals surface area contributed by atoms with Crippen molar-refractivity contribution in [2.75, 3.05) is 20.7 Å². The first-order chi connectivity index (χ1) is 8.74. The quantitative estimate of drug-likeness (QED) is 0.848. The summed E-state index contributed by atoms with van der Waals surface area (Å²) < 4.78 is 5.39. The first-order valence-corrected chi connectivity index (χ1v) is 6.08. The van der Waals surface area contributed by atoms with E-state index in [1.165, 1.54) is 5.56 Å². The zero-order valence-electron chi connectivity index (χ0n) is 11.1. The van der Waals surface area contributed by atoms with E-state index in [1.807, 2.05) is 25.4 Å². The Hall–Kier alpha value is -1.81. The highest BCUT2D eigenvalue weighted by molar-refractivity contribution is 5.67. The molecule has 4 nitrogen and oxygen atoms in total. The Balaban J connectivity index is 2.30. The number of methoxy groups -OCH3 is 1. The maximum atomic E-state index is 5.39. The van der Waals surface area contributed by atoms with Crippen LogP contribution in [0.15, 0.2) is 24.4 Å². The Bertz CT molecular complexity index is 520. The molecule has 0 atom stereocenters. The van der Waals surface area contributed by atoms with Crippen LogP contribution in [0, 0.1) is 6.92 Å². The molecule has 0 saturated carbocycles. The molecule has 2 rings (SSSR count). The number of nitrogens with one attached hydrogen (secondary N) is 2. The Morgan fingerprint density at radius 2 is 2.22 bits per heavy atom. The maximum absolute atomic E-state index is 5.39. The molecule has 0 aliphatic rings. The van der Waals surface area contributed by atoms with Crippen molar-refractivity contribution in [2.45, 2.75) is 13.3 Å². The number of rotatable bonds is 5. The maximum Gasteiger partial charge on any atom is 0.128 e. The van der Waals surface area contributed by atoms with Crippen LogP contribution in [0.25, 0.3) is 11.3 Å². The fourth-order valence-electron chi connectivity index (χ4n) is 1.90. The van der Waals surface area contributed by atoms with Gasteiger partial charge in [-0.15, -0.1) is 0 Å². The second-order valence-electron chi connectivity index (χ2n) is 4.30. The van der Waals surface area contributed by atoms with Gasteiger partial charge >= 0.3 is 0 Å². The van der Waals surface area contributed by atoms with E-state index < -0.39 is 0 Å².